The largest absolute Gasteiger partial charge is 0.325 e. The molecular weight excluding hydrogens is 456 g/mol. The van der Waals surface area contributed by atoms with Crippen molar-refractivity contribution in [3.8, 4) is 0 Å². The zero-order valence-corrected chi connectivity index (χ0v) is 20.7. The number of thioether (sulfide) groups is 1. The molecule has 2 heterocycles. The normalized spacial score (nSPS) is 17.3. The molecule has 2 atom stereocenters. The molecule has 0 radical (unpaired) electrons. The number of nitrogens with one attached hydrogen (secondary N) is 1. The molecule has 176 valence electrons. The summed E-state index contributed by atoms with van der Waals surface area (Å²) in [6.07, 6.45) is 0.582. The highest BCUT2D eigenvalue weighted by molar-refractivity contribution is 8.15. The smallest absolute Gasteiger partial charge is 0.263 e. The monoisotopic (exact) mass is 482 g/mol. The van der Waals surface area contributed by atoms with Crippen molar-refractivity contribution in [3.63, 3.8) is 0 Å². The SMILES string of the molecule is CC[C@H](SC1=Nc2ccccc2C2=N[C@@H](c3ccccc3)C(=O)N12)C(=O)Nc1cc(C)ccc1C. The molecule has 0 aromatic heterocycles. The molecule has 2 amide bonds. The molecule has 7 heteroatoms. The van der Waals surface area contributed by atoms with E-state index in [1.165, 1.54) is 11.8 Å². The van der Waals surface area contributed by atoms with Crippen LogP contribution in [0.4, 0.5) is 11.4 Å². The third-order valence-corrected chi connectivity index (χ3v) is 7.46. The highest BCUT2D eigenvalue weighted by Gasteiger charge is 2.43. The van der Waals surface area contributed by atoms with E-state index in [0.29, 0.717) is 17.4 Å². The molecule has 3 aromatic carbocycles. The number of amides is 2. The molecule has 0 bridgehead atoms. The minimum Gasteiger partial charge on any atom is -0.325 e. The number of benzene rings is 3. The Morgan fingerprint density at radius 1 is 1.06 bits per heavy atom. The first kappa shape index (κ1) is 23.1. The van der Waals surface area contributed by atoms with Crippen molar-refractivity contribution >= 4 is 46.0 Å². The fourth-order valence-electron chi connectivity index (χ4n) is 4.21. The first-order valence-electron chi connectivity index (χ1n) is 11.7. The Morgan fingerprint density at radius 2 is 1.80 bits per heavy atom. The maximum atomic E-state index is 13.6. The van der Waals surface area contributed by atoms with Crippen LogP contribution in [0.15, 0.2) is 82.8 Å². The molecular formula is C28H26N4O2S. The van der Waals surface area contributed by atoms with Gasteiger partial charge in [0.15, 0.2) is 11.2 Å². The summed E-state index contributed by atoms with van der Waals surface area (Å²) in [6.45, 7) is 5.93. The van der Waals surface area contributed by atoms with E-state index in [9.17, 15) is 9.59 Å². The van der Waals surface area contributed by atoms with Gasteiger partial charge in [0, 0.05) is 11.3 Å². The number of para-hydroxylation sites is 1. The van der Waals surface area contributed by atoms with Crippen molar-refractivity contribution in [3.05, 3.63) is 95.1 Å². The van der Waals surface area contributed by atoms with Crippen LogP contribution in [-0.2, 0) is 9.59 Å². The Kier molecular flexibility index (Phi) is 6.26. The van der Waals surface area contributed by atoms with Crippen LogP contribution in [0, 0.1) is 13.8 Å². The third kappa shape index (κ3) is 4.39. The molecule has 2 aliphatic rings. The van der Waals surface area contributed by atoms with Crippen LogP contribution >= 0.6 is 11.8 Å². The van der Waals surface area contributed by atoms with Crippen molar-refractivity contribution in [2.75, 3.05) is 5.32 Å². The summed E-state index contributed by atoms with van der Waals surface area (Å²) in [5.74, 6) is 0.316. The van der Waals surface area contributed by atoms with Crippen LogP contribution in [-0.4, -0.2) is 33.0 Å². The molecule has 5 rings (SSSR count). The zero-order chi connectivity index (χ0) is 24.5. The van der Waals surface area contributed by atoms with Gasteiger partial charge >= 0.3 is 0 Å². The van der Waals surface area contributed by atoms with Gasteiger partial charge in [-0.1, -0.05) is 73.3 Å². The average molecular weight is 483 g/mol. The van der Waals surface area contributed by atoms with E-state index in [1.807, 2.05) is 93.6 Å². The summed E-state index contributed by atoms with van der Waals surface area (Å²) >= 11 is 1.31. The van der Waals surface area contributed by atoms with Gasteiger partial charge in [0.05, 0.1) is 10.9 Å². The number of anilines is 1. The van der Waals surface area contributed by atoms with Crippen LogP contribution in [0.1, 0.15) is 41.6 Å². The number of aliphatic imine (C=N–C) groups is 2. The number of hydrogen-bond acceptors (Lipinski definition) is 5. The highest BCUT2D eigenvalue weighted by atomic mass is 32.2. The molecule has 0 saturated carbocycles. The average Bonchev–Trinajstić information content (AvgIpc) is 3.23. The number of hydrogen-bond donors (Lipinski definition) is 1. The van der Waals surface area contributed by atoms with Crippen molar-refractivity contribution < 1.29 is 9.59 Å². The van der Waals surface area contributed by atoms with Gasteiger partial charge in [-0.3, -0.25) is 9.59 Å². The summed E-state index contributed by atoms with van der Waals surface area (Å²) in [5, 5.41) is 3.12. The lowest BCUT2D eigenvalue weighted by atomic mass is 10.1. The Hall–Kier alpha value is -3.71. The lowest BCUT2D eigenvalue weighted by Gasteiger charge is -2.27. The van der Waals surface area contributed by atoms with E-state index >= 15 is 0 Å². The predicted octanol–water partition coefficient (Wildman–Crippen LogP) is 5.79. The molecule has 1 N–H and O–H groups in total. The van der Waals surface area contributed by atoms with Gasteiger partial charge in [-0.05, 0) is 55.2 Å². The summed E-state index contributed by atoms with van der Waals surface area (Å²) < 4.78 is 0. The number of carbonyl (C=O) groups is 2. The van der Waals surface area contributed by atoms with Gasteiger partial charge in [0.25, 0.3) is 5.91 Å². The molecule has 2 aliphatic heterocycles. The van der Waals surface area contributed by atoms with Gasteiger partial charge in [0.1, 0.15) is 5.84 Å². The van der Waals surface area contributed by atoms with Crippen molar-refractivity contribution in [1.82, 2.24) is 4.90 Å². The van der Waals surface area contributed by atoms with E-state index in [0.717, 1.165) is 33.6 Å². The Morgan fingerprint density at radius 3 is 2.57 bits per heavy atom. The second kappa shape index (κ2) is 9.50. The summed E-state index contributed by atoms with van der Waals surface area (Å²) in [7, 11) is 0. The molecule has 35 heavy (non-hydrogen) atoms. The number of carbonyl (C=O) groups excluding carboxylic acids is 2. The number of amidine groups is 2. The van der Waals surface area contributed by atoms with Crippen LogP contribution < -0.4 is 5.32 Å². The highest BCUT2D eigenvalue weighted by Crippen LogP contribution is 2.38. The molecule has 0 saturated heterocycles. The minimum atomic E-state index is -0.632. The Balaban J connectivity index is 1.46. The number of nitrogens with zero attached hydrogens (tertiary/aromatic N) is 3. The maximum Gasteiger partial charge on any atom is 0.263 e. The van der Waals surface area contributed by atoms with Crippen molar-refractivity contribution in [2.24, 2.45) is 9.98 Å². The molecule has 0 unspecified atom stereocenters. The lowest BCUT2D eigenvalue weighted by Crippen LogP contribution is -2.41. The van der Waals surface area contributed by atoms with Crippen molar-refractivity contribution in [2.45, 2.75) is 38.5 Å². The fourth-order valence-corrected chi connectivity index (χ4v) is 5.23. The zero-order valence-electron chi connectivity index (χ0n) is 19.9. The van der Waals surface area contributed by atoms with Gasteiger partial charge in [-0.15, -0.1) is 0 Å². The van der Waals surface area contributed by atoms with E-state index in [1.54, 1.807) is 4.90 Å². The summed E-state index contributed by atoms with van der Waals surface area (Å²) in [6, 6.07) is 22.6. The number of rotatable bonds is 5. The second-order valence-electron chi connectivity index (χ2n) is 8.67. The van der Waals surface area contributed by atoms with Crippen LogP contribution in [0.2, 0.25) is 0 Å². The topological polar surface area (TPSA) is 74.1 Å². The maximum absolute atomic E-state index is 13.6. The van der Waals surface area contributed by atoms with Gasteiger partial charge < -0.3 is 5.32 Å². The fraction of sp³-hybridized carbons (Fsp3) is 0.214. The van der Waals surface area contributed by atoms with Gasteiger partial charge in [-0.2, -0.15) is 0 Å². The van der Waals surface area contributed by atoms with Crippen LogP contribution in [0.25, 0.3) is 0 Å². The molecule has 6 nitrogen and oxygen atoms in total. The quantitative estimate of drug-likeness (QED) is 0.501. The van der Waals surface area contributed by atoms with E-state index in [2.05, 4.69) is 5.32 Å². The Labute approximate surface area is 209 Å². The first-order valence-corrected chi connectivity index (χ1v) is 12.5. The van der Waals surface area contributed by atoms with E-state index in [-0.39, 0.29) is 11.8 Å². The van der Waals surface area contributed by atoms with E-state index in [4.69, 9.17) is 9.98 Å². The molecule has 3 aromatic rings. The molecule has 0 fully saturated rings. The molecule has 0 spiro atoms. The van der Waals surface area contributed by atoms with Gasteiger partial charge in [-0.25, -0.2) is 14.9 Å². The lowest BCUT2D eigenvalue weighted by molar-refractivity contribution is -0.124. The molecule has 0 aliphatic carbocycles. The Bertz CT molecular complexity index is 1370. The van der Waals surface area contributed by atoms with Gasteiger partial charge in [0.2, 0.25) is 5.91 Å². The second-order valence-corrected chi connectivity index (χ2v) is 9.84. The first-order chi connectivity index (χ1) is 17.0. The standard InChI is InChI=1S/C28H26N4O2S/c1-4-23(26(33)29-22-16-17(2)14-15-18(22)3)35-28-30-21-13-9-8-12-20(21)25-31-24(27(34)32(25)28)19-10-6-5-7-11-19/h5-16,23-24H,4H2,1-3H3,(H,29,33)/t23-,24-/m0/s1. The summed E-state index contributed by atoms with van der Waals surface area (Å²) in [4.78, 5) is 38.1. The minimum absolute atomic E-state index is 0.113. The number of fused-ring (bicyclic) bond motifs is 3. The van der Waals surface area contributed by atoms with Crippen LogP contribution in [0.5, 0.6) is 0 Å². The van der Waals surface area contributed by atoms with E-state index < -0.39 is 11.3 Å². The van der Waals surface area contributed by atoms with Crippen LogP contribution in [0.3, 0.4) is 0 Å². The number of aryl methyl sites for hydroxylation is 2. The third-order valence-electron chi connectivity index (χ3n) is 6.15. The summed E-state index contributed by atoms with van der Waals surface area (Å²) in [5.41, 5.74) is 5.28. The van der Waals surface area contributed by atoms with Crippen molar-refractivity contribution in [1.29, 1.82) is 0 Å². The predicted molar refractivity (Wildman–Crippen MR) is 142 cm³/mol.